The summed E-state index contributed by atoms with van der Waals surface area (Å²) in [5.74, 6) is 1.17. The second-order valence-electron chi connectivity index (χ2n) is 6.05. The Morgan fingerprint density at radius 2 is 2.35 bits per heavy atom. The zero-order chi connectivity index (χ0) is 15.8. The third-order valence-electron chi connectivity index (χ3n) is 4.55. The maximum atomic E-state index is 13.0. The highest BCUT2D eigenvalue weighted by atomic mass is 32.1. The molecular formula is C16H19N3O3S. The Bertz CT molecular complexity index is 711. The van der Waals surface area contributed by atoms with E-state index in [1.54, 1.807) is 18.3 Å². The van der Waals surface area contributed by atoms with Crippen molar-refractivity contribution in [2.24, 2.45) is 0 Å². The van der Waals surface area contributed by atoms with Crippen molar-refractivity contribution >= 4 is 17.2 Å². The van der Waals surface area contributed by atoms with Crippen molar-refractivity contribution in [3.63, 3.8) is 0 Å². The van der Waals surface area contributed by atoms with Crippen LogP contribution in [-0.4, -0.2) is 40.7 Å². The summed E-state index contributed by atoms with van der Waals surface area (Å²) in [7, 11) is 0. The topological polar surface area (TPSA) is 68.5 Å². The van der Waals surface area contributed by atoms with E-state index in [1.165, 1.54) is 10.4 Å². The Morgan fingerprint density at radius 1 is 1.43 bits per heavy atom. The summed E-state index contributed by atoms with van der Waals surface area (Å²) in [6.07, 6.45) is 2.80. The number of ether oxygens (including phenoxy) is 1. The number of morpholine rings is 1. The Balaban J connectivity index is 1.51. The van der Waals surface area contributed by atoms with Gasteiger partial charge in [-0.25, -0.2) is 0 Å². The number of thiophene rings is 1. The quantitative estimate of drug-likeness (QED) is 0.844. The Morgan fingerprint density at radius 3 is 3.17 bits per heavy atom. The molecule has 0 N–H and O–H groups in total. The van der Waals surface area contributed by atoms with Crippen LogP contribution in [0.5, 0.6) is 0 Å². The van der Waals surface area contributed by atoms with Gasteiger partial charge in [-0.2, -0.15) is 0 Å². The first-order valence-electron chi connectivity index (χ1n) is 7.99. The largest absolute Gasteiger partial charge is 0.423 e. The zero-order valence-corrected chi connectivity index (χ0v) is 13.8. The molecule has 2 aliphatic rings. The monoisotopic (exact) mass is 333 g/mol. The molecule has 0 unspecified atom stereocenters. The number of hydrogen-bond donors (Lipinski definition) is 0. The van der Waals surface area contributed by atoms with E-state index in [9.17, 15) is 4.79 Å². The predicted octanol–water partition coefficient (Wildman–Crippen LogP) is 2.46. The van der Waals surface area contributed by atoms with Crippen LogP contribution in [0.4, 0.5) is 0 Å². The molecule has 1 saturated heterocycles. The molecule has 1 aliphatic heterocycles. The van der Waals surface area contributed by atoms with E-state index in [0.29, 0.717) is 31.5 Å². The Kier molecular flexibility index (Phi) is 3.90. The summed E-state index contributed by atoms with van der Waals surface area (Å²) < 4.78 is 11.2. The first-order chi connectivity index (χ1) is 11.2. The van der Waals surface area contributed by atoms with E-state index in [1.807, 2.05) is 4.90 Å². The average molecular weight is 333 g/mol. The number of aromatic nitrogens is 2. The van der Waals surface area contributed by atoms with Crippen LogP contribution in [0.2, 0.25) is 0 Å². The van der Waals surface area contributed by atoms with Gasteiger partial charge in [0.2, 0.25) is 17.7 Å². The first kappa shape index (κ1) is 14.8. The summed E-state index contributed by atoms with van der Waals surface area (Å²) >= 11 is 1.76. The second kappa shape index (κ2) is 6.05. The molecule has 23 heavy (non-hydrogen) atoms. The molecule has 1 amide bonds. The number of rotatable bonds is 2. The van der Waals surface area contributed by atoms with Crippen molar-refractivity contribution in [1.29, 1.82) is 0 Å². The van der Waals surface area contributed by atoms with Crippen molar-refractivity contribution in [2.75, 3.05) is 19.7 Å². The van der Waals surface area contributed by atoms with Gasteiger partial charge in [0, 0.05) is 18.3 Å². The van der Waals surface area contributed by atoms with Crippen LogP contribution in [0.3, 0.4) is 0 Å². The fourth-order valence-electron chi connectivity index (χ4n) is 3.40. The van der Waals surface area contributed by atoms with Crippen molar-refractivity contribution in [2.45, 2.75) is 38.2 Å². The van der Waals surface area contributed by atoms with E-state index in [2.05, 4.69) is 21.6 Å². The van der Waals surface area contributed by atoms with Crippen LogP contribution in [0.15, 0.2) is 15.9 Å². The van der Waals surface area contributed by atoms with Crippen LogP contribution >= 0.6 is 11.3 Å². The van der Waals surface area contributed by atoms with Gasteiger partial charge in [-0.15, -0.1) is 21.5 Å². The number of fused-ring (bicyclic) bond motifs is 1. The van der Waals surface area contributed by atoms with Crippen molar-refractivity contribution in [3.05, 3.63) is 33.7 Å². The molecule has 0 radical (unpaired) electrons. The fraction of sp³-hybridized carbons (Fsp3) is 0.562. The van der Waals surface area contributed by atoms with Gasteiger partial charge in [0.05, 0.1) is 19.1 Å². The molecule has 2 aromatic rings. The van der Waals surface area contributed by atoms with Gasteiger partial charge in [-0.3, -0.25) is 4.79 Å². The first-order valence-corrected chi connectivity index (χ1v) is 8.87. The summed E-state index contributed by atoms with van der Waals surface area (Å²) in [6, 6.07) is 2.11. The number of amides is 1. The summed E-state index contributed by atoms with van der Waals surface area (Å²) in [5, 5.41) is 9.97. The van der Waals surface area contributed by atoms with Crippen molar-refractivity contribution < 1.29 is 13.9 Å². The molecule has 4 rings (SSSR count). The average Bonchev–Trinajstić information content (AvgIpc) is 3.22. The summed E-state index contributed by atoms with van der Waals surface area (Å²) in [6.45, 7) is 3.36. The predicted molar refractivity (Wildman–Crippen MR) is 84.3 cm³/mol. The number of nitrogens with zero attached hydrogens (tertiary/aromatic N) is 3. The smallest absolute Gasteiger partial charge is 0.246 e. The molecular weight excluding hydrogens is 314 g/mol. The van der Waals surface area contributed by atoms with Crippen molar-refractivity contribution in [1.82, 2.24) is 15.1 Å². The maximum Gasteiger partial charge on any atom is 0.246 e. The number of carbonyl (C=O) groups is 1. The van der Waals surface area contributed by atoms with Gasteiger partial charge >= 0.3 is 0 Å². The molecule has 0 saturated carbocycles. The minimum Gasteiger partial charge on any atom is -0.423 e. The molecule has 0 spiro atoms. The third-order valence-corrected chi connectivity index (χ3v) is 5.54. The van der Waals surface area contributed by atoms with E-state index < -0.39 is 0 Å². The summed E-state index contributed by atoms with van der Waals surface area (Å²) in [5.41, 5.74) is 1.22. The highest BCUT2D eigenvalue weighted by molar-refractivity contribution is 7.10. The molecule has 1 aliphatic carbocycles. The molecule has 2 atom stereocenters. The van der Waals surface area contributed by atoms with Crippen LogP contribution in [0.1, 0.15) is 47.1 Å². The molecule has 0 bridgehead atoms. The van der Waals surface area contributed by atoms with Crippen molar-refractivity contribution in [3.8, 4) is 0 Å². The normalized spacial score (nSPS) is 24.5. The number of carbonyl (C=O) groups excluding carboxylic acids is 1. The molecule has 2 aromatic heterocycles. The van der Waals surface area contributed by atoms with Gasteiger partial charge in [-0.05, 0) is 36.3 Å². The lowest BCUT2D eigenvalue weighted by Crippen LogP contribution is -2.44. The van der Waals surface area contributed by atoms with E-state index >= 15 is 0 Å². The van der Waals surface area contributed by atoms with Crippen LogP contribution in [0, 0.1) is 6.92 Å². The number of hydrogen-bond acceptors (Lipinski definition) is 6. The fourth-order valence-corrected chi connectivity index (χ4v) is 4.39. The minimum absolute atomic E-state index is 0.00632. The lowest BCUT2D eigenvalue weighted by molar-refractivity contribution is -0.141. The minimum atomic E-state index is -0.320. The zero-order valence-electron chi connectivity index (χ0n) is 13.0. The van der Waals surface area contributed by atoms with Gasteiger partial charge in [0.1, 0.15) is 0 Å². The molecule has 122 valence electrons. The second-order valence-corrected chi connectivity index (χ2v) is 7.05. The maximum absolute atomic E-state index is 13.0. The van der Waals surface area contributed by atoms with Gasteiger partial charge in [0.15, 0.2) is 6.10 Å². The molecule has 6 nitrogen and oxygen atoms in total. The van der Waals surface area contributed by atoms with Gasteiger partial charge in [0.25, 0.3) is 0 Å². The highest BCUT2D eigenvalue weighted by Crippen LogP contribution is 2.36. The van der Waals surface area contributed by atoms with Gasteiger partial charge in [-0.1, -0.05) is 0 Å². The van der Waals surface area contributed by atoms with Crippen LogP contribution < -0.4 is 0 Å². The van der Waals surface area contributed by atoms with Gasteiger partial charge < -0.3 is 14.1 Å². The SMILES string of the molecule is Cc1nnc([C@H]2CN(C(=O)[C@H]3CCCc4sccc43)CCO2)o1. The highest BCUT2D eigenvalue weighted by Gasteiger charge is 2.35. The molecule has 3 heterocycles. The van der Waals surface area contributed by atoms with Crippen LogP contribution in [0.25, 0.3) is 0 Å². The van der Waals surface area contributed by atoms with E-state index in [4.69, 9.17) is 9.15 Å². The van der Waals surface area contributed by atoms with E-state index in [0.717, 1.165) is 19.3 Å². The molecule has 1 fully saturated rings. The third kappa shape index (κ3) is 2.79. The lowest BCUT2D eigenvalue weighted by Gasteiger charge is -2.34. The molecule has 0 aromatic carbocycles. The molecule has 7 heteroatoms. The Labute approximate surface area is 138 Å². The number of aryl methyl sites for hydroxylation is 2. The van der Waals surface area contributed by atoms with E-state index in [-0.39, 0.29) is 17.9 Å². The van der Waals surface area contributed by atoms with Crippen LogP contribution in [-0.2, 0) is 16.0 Å². The lowest BCUT2D eigenvalue weighted by atomic mass is 9.86. The Hall–Kier alpha value is -1.73. The summed E-state index contributed by atoms with van der Waals surface area (Å²) in [4.78, 5) is 16.3. The standard InChI is InChI=1S/C16H19N3O3S/c1-10-17-18-15(22-10)13-9-19(6-7-21-13)16(20)12-3-2-4-14-11(12)5-8-23-14/h5,8,12-13H,2-4,6-7,9H2,1H3/t12-,13+/m0/s1.